The topological polar surface area (TPSA) is 43.4 Å². The molecule has 0 heterocycles. The first-order chi connectivity index (χ1) is 9.19. The minimum atomic E-state index is -0.476. The smallest absolute Gasteiger partial charge is 0.316 e. The van der Waals surface area contributed by atoms with Crippen LogP contribution in [-0.4, -0.2) is 28.9 Å². The number of rotatable bonds is 5. The molecule has 0 spiro atoms. The Labute approximate surface area is 125 Å². The second-order valence-electron chi connectivity index (χ2n) is 5.80. The number of aryl methyl sites for hydroxylation is 2. The molecule has 0 saturated heterocycles. The molecule has 0 aliphatic heterocycles. The Bertz CT molecular complexity index is 501. The van der Waals surface area contributed by atoms with Crippen LogP contribution >= 0.6 is 11.8 Å². The molecular weight excluding hydrogens is 272 g/mol. The predicted octanol–water partition coefficient (Wildman–Crippen LogP) is 3.56. The normalized spacial score (nSPS) is 11.2. The maximum Gasteiger partial charge on any atom is 0.316 e. The lowest BCUT2D eigenvalue weighted by atomic mass is 10.0. The highest BCUT2D eigenvalue weighted by atomic mass is 32.2. The molecule has 0 aromatic heterocycles. The van der Waals surface area contributed by atoms with Gasteiger partial charge < -0.3 is 4.74 Å². The van der Waals surface area contributed by atoms with E-state index in [0.717, 1.165) is 5.56 Å². The molecule has 1 aromatic rings. The first-order valence-electron chi connectivity index (χ1n) is 6.59. The maximum atomic E-state index is 12.0. The molecular formula is C16H22O3S. The van der Waals surface area contributed by atoms with Crippen molar-refractivity contribution >= 4 is 23.5 Å². The molecule has 3 nitrogen and oxygen atoms in total. The molecule has 0 aliphatic carbocycles. The Balaban J connectivity index is 2.44. The molecule has 0 saturated carbocycles. The van der Waals surface area contributed by atoms with E-state index in [0.29, 0.717) is 11.3 Å². The van der Waals surface area contributed by atoms with Crippen molar-refractivity contribution in [3.05, 3.63) is 34.9 Å². The van der Waals surface area contributed by atoms with Gasteiger partial charge >= 0.3 is 5.97 Å². The lowest BCUT2D eigenvalue weighted by Gasteiger charge is -2.19. The highest BCUT2D eigenvalue weighted by Gasteiger charge is 2.16. The van der Waals surface area contributed by atoms with E-state index in [1.165, 1.54) is 17.3 Å². The summed E-state index contributed by atoms with van der Waals surface area (Å²) in [5.41, 5.74) is 2.50. The van der Waals surface area contributed by atoms with Crippen molar-refractivity contribution in [1.82, 2.24) is 0 Å². The first-order valence-corrected chi connectivity index (χ1v) is 7.74. The third-order valence-electron chi connectivity index (χ3n) is 2.70. The summed E-state index contributed by atoms with van der Waals surface area (Å²) in [6, 6.07) is 5.67. The molecule has 0 radical (unpaired) electrons. The van der Waals surface area contributed by atoms with E-state index in [1.54, 1.807) is 0 Å². The van der Waals surface area contributed by atoms with Gasteiger partial charge in [-0.2, -0.15) is 0 Å². The van der Waals surface area contributed by atoms with Crippen molar-refractivity contribution in [2.75, 3.05) is 11.5 Å². The minimum absolute atomic E-state index is 0.0432. The monoisotopic (exact) mass is 294 g/mol. The van der Waals surface area contributed by atoms with Crippen LogP contribution in [0.1, 0.15) is 42.3 Å². The number of ether oxygens (including phenoxy) is 1. The maximum absolute atomic E-state index is 12.0. The van der Waals surface area contributed by atoms with Crippen LogP contribution in [0.3, 0.4) is 0 Å². The molecule has 0 fully saturated rings. The highest BCUT2D eigenvalue weighted by Crippen LogP contribution is 2.14. The zero-order valence-corrected chi connectivity index (χ0v) is 13.6. The Morgan fingerprint density at radius 2 is 1.75 bits per heavy atom. The van der Waals surface area contributed by atoms with Crippen LogP contribution in [-0.2, 0) is 9.53 Å². The Hall–Kier alpha value is -1.29. The fourth-order valence-electron chi connectivity index (χ4n) is 1.60. The van der Waals surface area contributed by atoms with Gasteiger partial charge in [-0.1, -0.05) is 12.1 Å². The molecule has 0 unspecified atom stereocenters. The van der Waals surface area contributed by atoms with Crippen LogP contribution in [0.25, 0.3) is 0 Å². The largest absolute Gasteiger partial charge is 0.459 e. The average molecular weight is 294 g/mol. The van der Waals surface area contributed by atoms with E-state index in [-0.39, 0.29) is 17.5 Å². The molecule has 1 rings (SSSR count). The van der Waals surface area contributed by atoms with Gasteiger partial charge in [0.05, 0.1) is 11.5 Å². The van der Waals surface area contributed by atoms with Gasteiger partial charge in [0.25, 0.3) is 0 Å². The molecule has 0 bridgehead atoms. The number of hydrogen-bond acceptors (Lipinski definition) is 4. The Kier molecular flexibility index (Phi) is 5.81. The number of hydrogen-bond donors (Lipinski definition) is 0. The summed E-state index contributed by atoms with van der Waals surface area (Å²) in [5, 5.41) is 0. The van der Waals surface area contributed by atoms with Gasteiger partial charge in [-0.05, 0) is 51.8 Å². The Morgan fingerprint density at radius 3 is 2.30 bits per heavy atom. The van der Waals surface area contributed by atoms with Crippen LogP contribution in [0.15, 0.2) is 18.2 Å². The fraction of sp³-hybridized carbons (Fsp3) is 0.500. The van der Waals surface area contributed by atoms with E-state index in [1.807, 2.05) is 52.8 Å². The molecule has 0 aliphatic rings. The average Bonchev–Trinajstić information content (AvgIpc) is 2.30. The number of thioether (sulfide) groups is 1. The van der Waals surface area contributed by atoms with E-state index in [4.69, 9.17) is 4.74 Å². The minimum Gasteiger partial charge on any atom is -0.459 e. The number of Topliss-reactive ketones (excluding diaryl/α,β-unsaturated/α-hetero) is 1. The van der Waals surface area contributed by atoms with Crippen molar-refractivity contribution in [2.45, 2.75) is 40.2 Å². The van der Waals surface area contributed by atoms with Crippen molar-refractivity contribution in [1.29, 1.82) is 0 Å². The zero-order chi connectivity index (χ0) is 15.3. The molecule has 1 aromatic carbocycles. The summed E-state index contributed by atoms with van der Waals surface area (Å²) < 4.78 is 5.19. The zero-order valence-electron chi connectivity index (χ0n) is 12.8. The van der Waals surface area contributed by atoms with Crippen LogP contribution in [0, 0.1) is 13.8 Å². The van der Waals surface area contributed by atoms with E-state index in [2.05, 4.69) is 0 Å². The van der Waals surface area contributed by atoms with E-state index < -0.39 is 5.60 Å². The summed E-state index contributed by atoms with van der Waals surface area (Å²) in [4.78, 5) is 23.5. The Morgan fingerprint density at radius 1 is 1.10 bits per heavy atom. The number of esters is 1. The van der Waals surface area contributed by atoms with Crippen LogP contribution in [0.2, 0.25) is 0 Å². The summed E-state index contributed by atoms with van der Waals surface area (Å²) in [7, 11) is 0. The van der Waals surface area contributed by atoms with E-state index >= 15 is 0 Å². The van der Waals surface area contributed by atoms with Crippen LogP contribution < -0.4 is 0 Å². The quantitative estimate of drug-likeness (QED) is 0.615. The van der Waals surface area contributed by atoms with Crippen molar-refractivity contribution in [3.63, 3.8) is 0 Å². The lowest BCUT2D eigenvalue weighted by Crippen LogP contribution is -2.25. The van der Waals surface area contributed by atoms with Gasteiger partial charge in [-0.25, -0.2) is 0 Å². The van der Waals surface area contributed by atoms with Gasteiger partial charge in [-0.3, -0.25) is 9.59 Å². The van der Waals surface area contributed by atoms with E-state index in [9.17, 15) is 9.59 Å². The van der Waals surface area contributed by atoms with Crippen molar-refractivity contribution in [3.8, 4) is 0 Å². The van der Waals surface area contributed by atoms with Crippen LogP contribution in [0.4, 0.5) is 0 Å². The summed E-state index contributed by atoms with van der Waals surface area (Å²) in [5.74, 6) is 0.257. The van der Waals surface area contributed by atoms with Gasteiger partial charge in [0.1, 0.15) is 5.60 Å². The number of ketones is 1. The van der Waals surface area contributed by atoms with Crippen LogP contribution in [0.5, 0.6) is 0 Å². The first kappa shape index (κ1) is 16.8. The highest BCUT2D eigenvalue weighted by molar-refractivity contribution is 8.00. The van der Waals surface area contributed by atoms with Gasteiger partial charge in [-0.15, -0.1) is 11.8 Å². The SMILES string of the molecule is Cc1ccc(C(=O)CSCC(=O)OC(C)(C)C)cc1C. The molecule has 0 amide bonds. The fourth-order valence-corrected chi connectivity index (χ4v) is 2.28. The molecule has 20 heavy (non-hydrogen) atoms. The van der Waals surface area contributed by atoms with Gasteiger partial charge in [0, 0.05) is 5.56 Å². The summed E-state index contributed by atoms with van der Waals surface area (Å²) >= 11 is 1.29. The third-order valence-corrected chi connectivity index (χ3v) is 3.61. The predicted molar refractivity (Wildman–Crippen MR) is 83.4 cm³/mol. The number of carbonyl (C=O) groups is 2. The number of carbonyl (C=O) groups excluding carboxylic acids is 2. The second-order valence-corrected chi connectivity index (χ2v) is 6.79. The molecule has 0 N–H and O–H groups in total. The second kappa shape index (κ2) is 6.93. The van der Waals surface area contributed by atoms with Crippen molar-refractivity contribution in [2.24, 2.45) is 0 Å². The van der Waals surface area contributed by atoms with Gasteiger partial charge in [0.2, 0.25) is 0 Å². The standard InChI is InChI=1S/C16H22O3S/c1-11-6-7-13(8-12(11)2)14(17)9-20-10-15(18)19-16(3,4)5/h6-8H,9-10H2,1-5H3. The molecule has 110 valence electrons. The lowest BCUT2D eigenvalue weighted by molar-refractivity contribution is -0.151. The third kappa shape index (κ3) is 5.78. The number of benzene rings is 1. The summed E-state index contributed by atoms with van der Waals surface area (Å²) in [6.07, 6.45) is 0. The van der Waals surface area contributed by atoms with Crippen molar-refractivity contribution < 1.29 is 14.3 Å². The summed E-state index contributed by atoms with van der Waals surface area (Å²) in [6.45, 7) is 9.49. The van der Waals surface area contributed by atoms with Gasteiger partial charge in [0.15, 0.2) is 5.78 Å². The molecule has 4 heteroatoms. The molecule has 0 atom stereocenters.